The third-order valence-corrected chi connectivity index (χ3v) is 5.99. The molecule has 4 heterocycles. The highest BCUT2D eigenvalue weighted by atomic mass is 16.2. The highest BCUT2D eigenvalue weighted by Crippen LogP contribution is 2.29. The molecule has 2 aromatic rings. The number of likely N-dealkylation sites (tertiary alicyclic amines) is 1. The Morgan fingerprint density at radius 3 is 2.58 bits per heavy atom. The minimum Gasteiger partial charge on any atom is -0.325 e. The van der Waals surface area contributed by atoms with Gasteiger partial charge >= 0.3 is 0 Å². The Balaban J connectivity index is 1.26. The third kappa shape index (κ3) is 3.31. The van der Waals surface area contributed by atoms with E-state index in [-0.39, 0.29) is 24.4 Å². The first-order valence-corrected chi connectivity index (χ1v) is 10.1. The number of piperidine rings is 1. The van der Waals surface area contributed by atoms with E-state index in [1.54, 1.807) is 12.1 Å². The van der Waals surface area contributed by atoms with E-state index < -0.39 is 29.7 Å². The van der Waals surface area contributed by atoms with Crippen molar-refractivity contribution in [2.45, 2.75) is 38.0 Å². The van der Waals surface area contributed by atoms with Gasteiger partial charge in [0.2, 0.25) is 11.8 Å². The third-order valence-electron chi connectivity index (χ3n) is 5.99. The molecule has 1 aromatic heterocycles. The maximum absolute atomic E-state index is 12.9. The lowest BCUT2D eigenvalue weighted by Gasteiger charge is -2.38. The molecule has 31 heavy (non-hydrogen) atoms. The fourth-order valence-corrected chi connectivity index (χ4v) is 4.30. The molecular formula is C20H21N7O4. The maximum atomic E-state index is 12.9. The lowest BCUT2D eigenvalue weighted by atomic mass is 10.0. The molecule has 0 bridgehead atoms. The lowest BCUT2D eigenvalue weighted by Crippen LogP contribution is -2.54. The molecule has 11 heteroatoms. The van der Waals surface area contributed by atoms with Gasteiger partial charge in [0.15, 0.2) is 0 Å². The number of hydrogen-bond donors (Lipinski definition) is 2. The predicted molar refractivity (Wildman–Crippen MR) is 105 cm³/mol. The first kappa shape index (κ1) is 19.5. The predicted octanol–water partition coefficient (Wildman–Crippen LogP) is -0.805. The number of carbonyl (C=O) groups is 4. The Labute approximate surface area is 177 Å². The molecule has 2 saturated heterocycles. The van der Waals surface area contributed by atoms with E-state index in [0.29, 0.717) is 18.7 Å². The Kier molecular flexibility index (Phi) is 4.63. The highest BCUT2D eigenvalue weighted by Gasteiger charge is 2.44. The molecule has 0 spiro atoms. The number of amides is 4. The first-order chi connectivity index (χ1) is 14.9. The van der Waals surface area contributed by atoms with Crippen LogP contribution in [0.15, 0.2) is 24.4 Å². The quantitative estimate of drug-likeness (QED) is 0.595. The van der Waals surface area contributed by atoms with Gasteiger partial charge in [0.1, 0.15) is 6.04 Å². The summed E-state index contributed by atoms with van der Waals surface area (Å²) in [5.74, 6) is -1.98. The van der Waals surface area contributed by atoms with Crippen molar-refractivity contribution in [1.29, 1.82) is 0 Å². The standard InChI is InChI=1S/C20H21N7O4/c21-6-12-8-26(24-23-12)13-9-25(10-13)7-11-1-2-14-15(5-11)20(31)27(19(14)30)16-3-4-17(28)22-18(16)29/h1-2,5,8,13,16H,3-4,6-7,9-10,21H2,(H,22,28,29). The fraction of sp³-hybridized carbons (Fsp3) is 0.400. The van der Waals surface area contributed by atoms with Crippen molar-refractivity contribution in [2.75, 3.05) is 13.1 Å². The van der Waals surface area contributed by atoms with Crippen molar-refractivity contribution < 1.29 is 19.2 Å². The second-order valence-corrected chi connectivity index (χ2v) is 8.07. The van der Waals surface area contributed by atoms with Crippen LogP contribution in [0.25, 0.3) is 0 Å². The molecule has 4 amide bonds. The number of nitrogens with two attached hydrogens (primary N) is 1. The largest absolute Gasteiger partial charge is 0.325 e. The Bertz CT molecular complexity index is 1100. The van der Waals surface area contributed by atoms with E-state index in [0.717, 1.165) is 29.2 Å². The van der Waals surface area contributed by atoms with Crippen molar-refractivity contribution in [3.8, 4) is 0 Å². The molecule has 1 unspecified atom stereocenters. The van der Waals surface area contributed by atoms with Gasteiger partial charge in [0.05, 0.1) is 29.1 Å². The van der Waals surface area contributed by atoms with Crippen molar-refractivity contribution >= 4 is 23.6 Å². The van der Waals surface area contributed by atoms with Crippen LogP contribution in [-0.4, -0.2) is 67.6 Å². The van der Waals surface area contributed by atoms with E-state index in [1.807, 2.05) is 16.9 Å². The summed E-state index contributed by atoms with van der Waals surface area (Å²) in [4.78, 5) is 52.4. The number of aromatic nitrogens is 3. The average molecular weight is 423 g/mol. The average Bonchev–Trinajstić information content (AvgIpc) is 3.28. The molecule has 3 aliphatic heterocycles. The highest BCUT2D eigenvalue weighted by molar-refractivity contribution is 6.23. The Morgan fingerprint density at radius 1 is 1.10 bits per heavy atom. The van der Waals surface area contributed by atoms with Gasteiger partial charge in [-0.05, 0) is 24.1 Å². The summed E-state index contributed by atoms with van der Waals surface area (Å²) in [5, 5.41) is 10.3. The van der Waals surface area contributed by atoms with Gasteiger partial charge in [-0.25, -0.2) is 4.68 Å². The fourth-order valence-electron chi connectivity index (χ4n) is 4.30. The summed E-state index contributed by atoms with van der Waals surface area (Å²) >= 11 is 0. The molecule has 160 valence electrons. The van der Waals surface area contributed by atoms with Crippen LogP contribution in [0.4, 0.5) is 0 Å². The number of rotatable bonds is 5. The molecule has 1 atom stereocenters. The number of hydrogen-bond acceptors (Lipinski definition) is 8. The summed E-state index contributed by atoms with van der Waals surface area (Å²) in [6.45, 7) is 2.57. The van der Waals surface area contributed by atoms with Gasteiger partial charge in [-0.3, -0.25) is 34.3 Å². The number of carbonyl (C=O) groups excluding carboxylic acids is 4. The lowest BCUT2D eigenvalue weighted by molar-refractivity contribution is -0.136. The number of benzene rings is 1. The van der Waals surface area contributed by atoms with Crippen LogP contribution in [0.1, 0.15) is 50.9 Å². The van der Waals surface area contributed by atoms with Crippen LogP contribution in [0.5, 0.6) is 0 Å². The smallest absolute Gasteiger partial charge is 0.262 e. The molecular weight excluding hydrogens is 402 g/mol. The van der Waals surface area contributed by atoms with E-state index in [2.05, 4.69) is 20.5 Å². The van der Waals surface area contributed by atoms with Gasteiger partial charge in [0, 0.05) is 32.6 Å². The number of imide groups is 2. The van der Waals surface area contributed by atoms with Crippen molar-refractivity contribution in [1.82, 2.24) is 30.1 Å². The molecule has 0 radical (unpaired) electrons. The van der Waals surface area contributed by atoms with E-state index in [9.17, 15) is 19.2 Å². The monoisotopic (exact) mass is 423 g/mol. The van der Waals surface area contributed by atoms with Gasteiger partial charge in [-0.1, -0.05) is 11.3 Å². The van der Waals surface area contributed by atoms with Crippen molar-refractivity contribution in [3.05, 3.63) is 46.8 Å². The topological polar surface area (TPSA) is 144 Å². The van der Waals surface area contributed by atoms with Gasteiger partial charge in [-0.2, -0.15) is 0 Å². The number of nitrogens with zero attached hydrogens (tertiary/aromatic N) is 5. The van der Waals surface area contributed by atoms with Crippen LogP contribution in [0.2, 0.25) is 0 Å². The van der Waals surface area contributed by atoms with Gasteiger partial charge < -0.3 is 5.73 Å². The Hall–Kier alpha value is -3.44. The minimum atomic E-state index is -0.953. The van der Waals surface area contributed by atoms with Crippen LogP contribution in [0.3, 0.4) is 0 Å². The summed E-state index contributed by atoms with van der Waals surface area (Å²) < 4.78 is 1.82. The molecule has 3 aliphatic rings. The number of nitrogens with one attached hydrogen (secondary N) is 1. The second-order valence-electron chi connectivity index (χ2n) is 8.07. The molecule has 1 aromatic carbocycles. The van der Waals surface area contributed by atoms with Crippen LogP contribution >= 0.6 is 0 Å². The Morgan fingerprint density at radius 2 is 1.87 bits per heavy atom. The molecule has 5 rings (SSSR count). The van der Waals surface area contributed by atoms with Crippen LogP contribution < -0.4 is 11.1 Å². The summed E-state index contributed by atoms with van der Waals surface area (Å²) in [6, 6.07) is 4.46. The summed E-state index contributed by atoms with van der Waals surface area (Å²) in [5.41, 5.74) is 7.82. The minimum absolute atomic E-state index is 0.101. The first-order valence-electron chi connectivity index (χ1n) is 10.1. The number of fused-ring (bicyclic) bond motifs is 1. The molecule has 3 N–H and O–H groups in total. The van der Waals surface area contributed by atoms with Gasteiger partial charge in [0.25, 0.3) is 11.8 Å². The van der Waals surface area contributed by atoms with Crippen LogP contribution in [-0.2, 0) is 22.7 Å². The van der Waals surface area contributed by atoms with Crippen molar-refractivity contribution in [2.24, 2.45) is 5.73 Å². The zero-order chi connectivity index (χ0) is 21.7. The normalized spacial score (nSPS) is 22.0. The van der Waals surface area contributed by atoms with E-state index in [1.165, 1.54) is 0 Å². The zero-order valence-electron chi connectivity index (χ0n) is 16.7. The summed E-state index contributed by atoms with van der Waals surface area (Å²) in [6.07, 6.45) is 2.10. The van der Waals surface area contributed by atoms with Crippen molar-refractivity contribution in [3.63, 3.8) is 0 Å². The molecule has 11 nitrogen and oxygen atoms in total. The second kappa shape index (κ2) is 7.36. The van der Waals surface area contributed by atoms with Crippen LogP contribution in [0, 0.1) is 0 Å². The van der Waals surface area contributed by atoms with E-state index >= 15 is 0 Å². The molecule has 2 fully saturated rings. The zero-order valence-corrected chi connectivity index (χ0v) is 16.7. The molecule has 0 saturated carbocycles. The van der Waals surface area contributed by atoms with E-state index in [4.69, 9.17) is 5.73 Å². The summed E-state index contributed by atoms with van der Waals surface area (Å²) in [7, 11) is 0. The SMILES string of the molecule is NCc1cn(C2CN(Cc3ccc4c(c3)C(=O)N(C3CCC(=O)NC3=O)C4=O)C2)nn1. The molecule has 0 aliphatic carbocycles. The maximum Gasteiger partial charge on any atom is 0.262 e. The van der Waals surface area contributed by atoms with Gasteiger partial charge in [-0.15, -0.1) is 5.10 Å².